The molecular weight excluding hydrogens is 318 g/mol. The summed E-state index contributed by atoms with van der Waals surface area (Å²) in [5.41, 5.74) is 0.957. The molecule has 0 saturated carbocycles. The van der Waals surface area contributed by atoms with Crippen LogP contribution in [0.1, 0.15) is 24.2 Å². The number of ether oxygens (including phenoxy) is 2. The van der Waals surface area contributed by atoms with E-state index < -0.39 is 0 Å². The highest BCUT2D eigenvalue weighted by atomic mass is 16.5. The summed E-state index contributed by atoms with van der Waals surface area (Å²) in [6.45, 7) is 4.56. The Morgan fingerprint density at radius 2 is 1.80 bits per heavy atom. The van der Waals surface area contributed by atoms with Gasteiger partial charge < -0.3 is 14.8 Å². The lowest BCUT2D eigenvalue weighted by atomic mass is 10.1. The van der Waals surface area contributed by atoms with Gasteiger partial charge in [-0.1, -0.05) is 30.3 Å². The molecule has 0 atom stereocenters. The summed E-state index contributed by atoms with van der Waals surface area (Å²) in [6, 6.07) is 13.7. The number of anilines is 1. The number of rotatable bonds is 6. The van der Waals surface area contributed by atoms with E-state index in [-0.39, 0.29) is 17.8 Å². The molecule has 0 aliphatic rings. The van der Waals surface area contributed by atoms with Crippen LogP contribution in [0.25, 0.3) is 10.8 Å². The quantitative estimate of drug-likeness (QED) is 0.743. The number of aromatic nitrogens is 2. The third-order valence-electron chi connectivity index (χ3n) is 3.55. The zero-order valence-corrected chi connectivity index (χ0v) is 14.2. The van der Waals surface area contributed by atoms with Crippen LogP contribution in [0.4, 0.5) is 5.69 Å². The predicted molar refractivity (Wildman–Crippen MR) is 96.3 cm³/mol. The number of hydrogen-bond acceptors (Lipinski definition) is 5. The molecule has 128 valence electrons. The first kappa shape index (κ1) is 16.7. The summed E-state index contributed by atoms with van der Waals surface area (Å²) in [5.74, 6) is 0.0366. The molecule has 1 aromatic heterocycles. The van der Waals surface area contributed by atoms with Gasteiger partial charge in [-0.25, -0.2) is 4.98 Å². The average Bonchev–Trinajstić information content (AvgIpc) is 2.64. The number of carbonyl (C=O) groups excluding carboxylic acids is 1. The van der Waals surface area contributed by atoms with Gasteiger partial charge in [0.25, 0.3) is 5.91 Å². The summed E-state index contributed by atoms with van der Waals surface area (Å²) in [5, 5.41) is 4.89. The Morgan fingerprint density at radius 3 is 2.56 bits per heavy atom. The van der Waals surface area contributed by atoms with Crippen LogP contribution >= 0.6 is 0 Å². The Hall–Kier alpha value is -3.15. The first-order chi connectivity index (χ1) is 12.2. The van der Waals surface area contributed by atoms with Crippen LogP contribution in [0.15, 0.2) is 48.7 Å². The van der Waals surface area contributed by atoms with Crippen LogP contribution in [-0.4, -0.2) is 29.1 Å². The summed E-state index contributed by atoms with van der Waals surface area (Å²) in [7, 11) is 0. The number of amides is 1. The molecule has 25 heavy (non-hydrogen) atoms. The zero-order valence-electron chi connectivity index (χ0n) is 14.2. The SMILES string of the molecule is CCOc1ncc(NC(=O)c2ccc3ccccc3c2)c(OCC)n1. The van der Waals surface area contributed by atoms with Gasteiger partial charge in [0.2, 0.25) is 5.88 Å². The van der Waals surface area contributed by atoms with Crippen molar-refractivity contribution in [2.45, 2.75) is 13.8 Å². The molecule has 0 spiro atoms. The van der Waals surface area contributed by atoms with Gasteiger partial charge in [-0.15, -0.1) is 0 Å². The molecule has 1 heterocycles. The zero-order chi connectivity index (χ0) is 17.6. The monoisotopic (exact) mass is 337 g/mol. The number of carbonyl (C=O) groups is 1. The van der Waals surface area contributed by atoms with Crippen LogP contribution in [0, 0.1) is 0 Å². The lowest BCUT2D eigenvalue weighted by Gasteiger charge is -2.11. The molecule has 0 saturated heterocycles. The van der Waals surface area contributed by atoms with Crippen molar-refractivity contribution >= 4 is 22.4 Å². The van der Waals surface area contributed by atoms with Gasteiger partial charge in [0.1, 0.15) is 5.69 Å². The number of fused-ring (bicyclic) bond motifs is 1. The molecule has 3 rings (SSSR count). The van der Waals surface area contributed by atoms with E-state index in [2.05, 4.69) is 15.3 Å². The van der Waals surface area contributed by atoms with Gasteiger partial charge in [-0.2, -0.15) is 4.98 Å². The van der Waals surface area contributed by atoms with Gasteiger partial charge >= 0.3 is 6.01 Å². The minimum atomic E-state index is -0.250. The molecule has 2 aromatic carbocycles. The minimum absolute atomic E-state index is 0.217. The molecule has 0 bridgehead atoms. The van der Waals surface area contributed by atoms with Crippen molar-refractivity contribution in [3.05, 3.63) is 54.2 Å². The van der Waals surface area contributed by atoms with Gasteiger partial charge in [0, 0.05) is 5.56 Å². The maximum atomic E-state index is 12.6. The maximum absolute atomic E-state index is 12.6. The Kier molecular flexibility index (Phi) is 5.09. The number of benzene rings is 2. The van der Waals surface area contributed by atoms with E-state index in [0.29, 0.717) is 24.5 Å². The lowest BCUT2D eigenvalue weighted by Crippen LogP contribution is -2.14. The third-order valence-corrected chi connectivity index (χ3v) is 3.55. The molecule has 0 radical (unpaired) electrons. The van der Waals surface area contributed by atoms with Gasteiger partial charge in [0.15, 0.2) is 0 Å². The summed E-state index contributed by atoms with van der Waals surface area (Å²) in [4.78, 5) is 20.8. The van der Waals surface area contributed by atoms with Gasteiger partial charge in [0.05, 0.1) is 19.4 Å². The molecule has 1 amide bonds. The smallest absolute Gasteiger partial charge is 0.319 e. The number of nitrogens with zero attached hydrogens (tertiary/aromatic N) is 2. The fraction of sp³-hybridized carbons (Fsp3) is 0.211. The fourth-order valence-electron chi connectivity index (χ4n) is 2.41. The van der Waals surface area contributed by atoms with Crippen molar-refractivity contribution in [1.82, 2.24) is 9.97 Å². The van der Waals surface area contributed by atoms with E-state index in [1.54, 1.807) is 6.07 Å². The molecule has 1 N–H and O–H groups in total. The molecule has 6 heteroatoms. The average molecular weight is 337 g/mol. The van der Waals surface area contributed by atoms with E-state index in [1.807, 2.05) is 50.2 Å². The summed E-state index contributed by atoms with van der Waals surface area (Å²) < 4.78 is 10.8. The fourth-order valence-corrected chi connectivity index (χ4v) is 2.41. The predicted octanol–water partition coefficient (Wildman–Crippen LogP) is 3.68. The van der Waals surface area contributed by atoms with Crippen molar-refractivity contribution in [3.63, 3.8) is 0 Å². The Balaban J connectivity index is 1.85. The molecule has 0 aliphatic carbocycles. The Morgan fingerprint density at radius 1 is 1.04 bits per heavy atom. The maximum Gasteiger partial charge on any atom is 0.319 e. The Bertz CT molecular complexity index is 896. The normalized spacial score (nSPS) is 10.5. The van der Waals surface area contributed by atoms with Crippen molar-refractivity contribution < 1.29 is 14.3 Å². The standard InChI is InChI=1S/C19H19N3O3/c1-3-24-18-16(12-20-19(22-18)25-4-2)21-17(23)15-10-9-13-7-5-6-8-14(13)11-15/h5-12H,3-4H2,1-2H3,(H,21,23). The molecule has 0 fully saturated rings. The summed E-state index contributed by atoms with van der Waals surface area (Å²) >= 11 is 0. The lowest BCUT2D eigenvalue weighted by molar-refractivity contribution is 0.102. The molecule has 0 aliphatic heterocycles. The van der Waals surface area contributed by atoms with Crippen molar-refractivity contribution in [1.29, 1.82) is 0 Å². The molecule has 3 aromatic rings. The largest absolute Gasteiger partial charge is 0.476 e. The minimum Gasteiger partial charge on any atom is -0.476 e. The third kappa shape index (κ3) is 3.85. The first-order valence-electron chi connectivity index (χ1n) is 8.14. The van der Waals surface area contributed by atoms with Crippen LogP contribution in [-0.2, 0) is 0 Å². The Labute approximate surface area is 145 Å². The number of hydrogen-bond donors (Lipinski definition) is 1. The topological polar surface area (TPSA) is 73.3 Å². The van der Waals surface area contributed by atoms with Crippen molar-refractivity contribution in [2.75, 3.05) is 18.5 Å². The van der Waals surface area contributed by atoms with Gasteiger partial charge in [-0.3, -0.25) is 4.79 Å². The molecular formula is C19H19N3O3. The first-order valence-corrected chi connectivity index (χ1v) is 8.14. The highest BCUT2D eigenvalue weighted by Gasteiger charge is 2.14. The molecule has 0 unspecified atom stereocenters. The van der Waals surface area contributed by atoms with Crippen molar-refractivity contribution in [3.8, 4) is 11.9 Å². The molecule has 6 nitrogen and oxygen atoms in total. The van der Waals surface area contributed by atoms with E-state index in [4.69, 9.17) is 9.47 Å². The van der Waals surface area contributed by atoms with E-state index in [9.17, 15) is 4.79 Å². The van der Waals surface area contributed by atoms with E-state index >= 15 is 0 Å². The second kappa shape index (κ2) is 7.61. The highest BCUT2D eigenvalue weighted by Crippen LogP contribution is 2.24. The number of nitrogens with one attached hydrogen (secondary N) is 1. The van der Waals surface area contributed by atoms with Crippen LogP contribution in [0.2, 0.25) is 0 Å². The summed E-state index contributed by atoms with van der Waals surface area (Å²) in [6.07, 6.45) is 1.49. The van der Waals surface area contributed by atoms with Crippen LogP contribution in [0.5, 0.6) is 11.9 Å². The van der Waals surface area contributed by atoms with E-state index in [1.165, 1.54) is 6.20 Å². The van der Waals surface area contributed by atoms with Crippen molar-refractivity contribution in [2.24, 2.45) is 0 Å². The highest BCUT2D eigenvalue weighted by molar-refractivity contribution is 6.06. The van der Waals surface area contributed by atoms with E-state index in [0.717, 1.165) is 10.8 Å². The van der Waals surface area contributed by atoms with Crippen LogP contribution < -0.4 is 14.8 Å². The second-order valence-corrected chi connectivity index (χ2v) is 5.25. The van der Waals surface area contributed by atoms with Gasteiger partial charge in [-0.05, 0) is 36.8 Å². The van der Waals surface area contributed by atoms with Crippen LogP contribution in [0.3, 0.4) is 0 Å². The second-order valence-electron chi connectivity index (χ2n) is 5.25.